The number of hydrogen-bond donors (Lipinski definition) is 1. The van der Waals surface area contributed by atoms with Gasteiger partial charge in [-0.25, -0.2) is 0 Å². The van der Waals surface area contributed by atoms with Gasteiger partial charge in [-0.05, 0) is 0 Å². The van der Waals surface area contributed by atoms with Gasteiger partial charge in [0.2, 0.25) is 5.91 Å². The average molecular weight is 146 g/mol. The van der Waals surface area contributed by atoms with E-state index >= 15 is 0 Å². The van der Waals surface area contributed by atoms with Gasteiger partial charge >= 0.3 is 7.25 Å². The standard InChI is InChI=1S/C2H5NO.BF4/c1-2(3)4;2-1(3,4)5/h1H3,(H2,3,4);/q;-1. The Kier molecular flexibility index (Phi) is 5.14. The van der Waals surface area contributed by atoms with Crippen molar-refractivity contribution >= 4 is 13.2 Å². The van der Waals surface area contributed by atoms with E-state index in [1.54, 1.807) is 0 Å². The first kappa shape index (κ1) is 11.1. The van der Waals surface area contributed by atoms with Crippen LogP contribution in [0.3, 0.4) is 0 Å². The number of primary amides is 1. The molecule has 0 aliphatic heterocycles. The van der Waals surface area contributed by atoms with Crippen LogP contribution in [0.15, 0.2) is 0 Å². The van der Waals surface area contributed by atoms with Gasteiger partial charge in [-0.1, -0.05) is 0 Å². The molecular weight excluding hydrogens is 141 g/mol. The van der Waals surface area contributed by atoms with Crippen LogP contribution >= 0.6 is 0 Å². The van der Waals surface area contributed by atoms with Crippen molar-refractivity contribution in [3.63, 3.8) is 0 Å². The Hall–Kier alpha value is -0.745. The number of amides is 1. The molecule has 0 aliphatic rings. The summed E-state index contributed by atoms with van der Waals surface area (Å²) in [5, 5.41) is 0. The molecule has 0 unspecified atom stereocenters. The molecule has 0 spiro atoms. The van der Waals surface area contributed by atoms with Crippen LogP contribution in [-0.2, 0) is 4.79 Å². The van der Waals surface area contributed by atoms with Crippen LogP contribution in [0, 0.1) is 0 Å². The fourth-order valence-electron chi connectivity index (χ4n) is 0. The molecule has 0 radical (unpaired) electrons. The molecule has 0 aromatic rings. The lowest BCUT2D eigenvalue weighted by molar-refractivity contribution is -0.115. The van der Waals surface area contributed by atoms with Gasteiger partial charge in [0, 0.05) is 6.92 Å². The summed E-state index contributed by atoms with van der Waals surface area (Å²) in [6.45, 7) is 1.31. The van der Waals surface area contributed by atoms with Gasteiger partial charge in [0.05, 0.1) is 0 Å². The molecule has 7 heteroatoms. The van der Waals surface area contributed by atoms with Crippen molar-refractivity contribution in [1.82, 2.24) is 0 Å². The summed E-state index contributed by atoms with van der Waals surface area (Å²) in [5.41, 5.74) is 4.47. The van der Waals surface area contributed by atoms with Crippen molar-refractivity contribution in [2.75, 3.05) is 0 Å². The van der Waals surface area contributed by atoms with Crippen LogP contribution in [0.2, 0.25) is 0 Å². The third kappa shape index (κ3) is 361. The van der Waals surface area contributed by atoms with Crippen LogP contribution in [0.4, 0.5) is 17.3 Å². The fraction of sp³-hybridized carbons (Fsp3) is 0.500. The van der Waals surface area contributed by atoms with Gasteiger partial charge in [0.15, 0.2) is 0 Å². The van der Waals surface area contributed by atoms with E-state index in [2.05, 4.69) is 5.73 Å². The summed E-state index contributed by atoms with van der Waals surface area (Å²) >= 11 is 0. The Bertz CT molecular complexity index is 81.1. The van der Waals surface area contributed by atoms with Crippen LogP contribution in [-0.4, -0.2) is 13.2 Å². The van der Waals surface area contributed by atoms with Crippen LogP contribution in [0.1, 0.15) is 6.92 Å². The molecule has 0 heterocycles. The summed E-state index contributed by atoms with van der Waals surface area (Å²) in [4.78, 5) is 9.22. The van der Waals surface area contributed by atoms with E-state index in [-0.39, 0.29) is 5.91 Å². The largest absolute Gasteiger partial charge is 0.673 e. The predicted molar refractivity (Wildman–Crippen MR) is 25.1 cm³/mol. The summed E-state index contributed by atoms with van der Waals surface area (Å²) in [6, 6.07) is 0. The summed E-state index contributed by atoms with van der Waals surface area (Å²) in [7, 11) is -6.00. The van der Waals surface area contributed by atoms with Gasteiger partial charge in [0.1, 0.15) is 0 Å². The molecule has 9 heavy (non-hydrogen) atoms. The van der Waals surface area contributed by atoms with Crippen LogP contribution in [0.25, 0.3) is 0 Å². The number of halogens is 4. The molecule has 0 bridgehead atoms. The molecule has 0 saturated carbocycles. The monoisotopic (exact) mass is 146 g/mol. The smallest absolute Gasteiger partial charge is 0.418 e. The van der Waals surface area contributed by atoms with E-state index in [9.17, 15) is 22.1 Å². The zero-order valence-corrected chi connectivity index (χ0v) is 4.57. The maximum Gasteiger partial charge on any atom is 0.673 e. The minimum atomic E-state index is -6.00. The van der Waals surface area contributed by atoms with Crippen molar-refractivity contribution in [3.05, 3.63) is 0 Å². The van der Waals surface area contributed by atoms with Crippen molar-refractivity contribution in [2.45, 2.75) is 6.92 Å². The molecule has 0 rings (SSSR count). The zero-order valence-electron chi connectivity index (χ0n) is 4.57. The van der Waals surface area contributed by atoms with E-state index in [0.717, 1.165) is 0 Å². The molecule has 0 fully saturated rings. The second kappa shape index (κ2) is 4.17. The normalized spacial score (nSPS) is 9.44. The van der Waals surface area contributed by atoms with Crippen molar-refractivity contribution < 1.29 is 22.1 Å². The highest BCUT2D eigenvalue weighted by Gasteiger charge is 2.20. The highest BCUT2D eigenvalue weighted by molar-refractivity contribution is 6.50. The van der Waals surface area contributed by atoms with Gasteiger partial charge in [-0.2, -0.15) is 0 Å². The number of carbonyl (C=O) groups excluding carboxylic acids is 1. The summed E-state index contributed by atoms with van der Waals surface area (Å²) in [6.07, 6.45) is 0. The van der Waals surface area contributed by atoms with E-state index in [1.165, 1.54) is 6.92 Å². The second-order valence-electron chi connectivity index (χ2n) is 1.11. The fourth-order valence-corrected chi connectivity index (χ4v) is 0. The molecule has 2 N–H and O–H groups in total. The average Bonchev–Trinajstić information content (AvgIpc) is 1.19. The molecule has 0 aliphatic carbocycles. The summed E-state index contributed by atoms with van der Waals surface area (Å²) < 4.78 is 39.0. The Labute approximate surface area is 49.1 Å². The third-order valence-electron chi connectivity index (χ3n) is 0. The van der Waals surface area contributed by atoms with E-state index in [4.69, 9.17) is 0 Å². The zero-order chi connectivity index (χ0) is 8.08. The maximum absolute atomic E-state index is 9.75. The molecule has 0 atom stereocenters. The van der Waals surface area contributed by atoms with E-state index < -0.39 is 7.25 Å². The molecule has 1 amide bonds. The van der Waals surface area contributed by atoms with Gasteiger partial charge < -0.3 is 23.0 Å². The van der Waals surface area contributed by atoms with Gasteiger partial charge in [0.25, 0.3) is 0 Å². The number of rotatable bonds is 0. The van der Waals surface area contributed by atoms with Crippen LogP contribution < -0.4 is 5.73 Å². The Morgan fingerprint density at radius 1 is 1.33 bits per heavy atom. The Morgan fingerprint density at radius 3 is 1.33 bits per heavy atom. The van der Waals surface area contributed by atoms with Crippen molar-refractivity contribution in [3.8, 4) is 0 Å². The molecule has 0 aromatic carbocycles. The second-order valence-corrected chi connectivity index (χ2v) is 1.11. The Balaban J connectivity index is 0. The van der Waals surface area contributed by atoms with Crippen LogP contribution in [0.5, 0.6) is 0 Å². The number of nitrogens with two attached hydrogens (primary N) is 1. The number of hydrogen-bond acceptors (Lipinski definition) is 1. The highest BCUT2D eigenvalue weighted by atomic mass is 19.5. The van der Waals surface area contributed by atoms with E-state index in [1.807, 2.05) is 0 Å². The maximum atomic E-state index is 9.75. The minimum absolute atomic E-state index is 0.333. The number of carbonyl (C=O) groups is 1. The topological polar surface area (TPSA) is 43.1 Å². The molecular formula is C2H5BF4NO-. The van der Waals surface area contributed by atoms with Crippen molar-refractivity contribution in [1.29, 1.82) is 0 Å². The first-order valence-electron chi connectivity index (χ1n) is 1.87. The van der Waals surface area contributed by atoms with Crippen molar-refractivity contribution in [2.24, 2.45) is 5.73 Å². The van der Waals surface area contributed by atoms with E-state index in [0.29, 0.717) is 0 Å². The minimum Gasteiger partial charge on any atom is -0.418 e. The highest BCUT2D eigenvalue weighted by Crippen LogP contribution is 2.06. The Morgan fingerprint density at radius 2 is 1.33 bits per heavy atom. The summed E-state index contributed by atoms with van der Waals surface area (Å²) in [5.74, 6) is -0.333. The molecule has 0 aromatic heterocycles. The lowest BCUT2D eigenvalue weighted by Gasteiger charge is -1.94. The SMILES string of the molecule is CC(N)=O.F[B-](F)(F)F. The van der Waals surface area contributed by atoms with Gasteiger partial charge in [-0.15, -0.1) is 0 Å². The van der Waals surface area contributed by atoms with Gasteiger partial charge in [-0.3, -0.25) is 4.79 Å². The third-order valence-corrected chi connectivity index (χ3v) is 0. The molecule has 0 saturated heterocycles. The lowest BCUT2D eigenvalue weighted by atomic mass is 10.3. The molecule has 2 nitrogen and oxygen atoms in total. The predicted octanol–water partition coefficient (Wildman–Crippen LogP) is 0.792. The molecule has 56 valence electrons. The quantitative estimate of drug-likeness (QED) is 0.398. The first-order chi connectivity index (χ1) is 3.73. The lowest BCUT2D eigenvalue weighted by Crippen LogP contribution is -2.02. The first-order valence-corrected chi connectivity index (χ1v) is 1.87.